The quantitative estimate of drug-likeness (QED) is 0.714. The average molecular weight is 420 g/mol. The van der Waals surface area contributed by atoms with Gasteiger partial charge < -0.3 is 14.7 Å². The summed E-state index contributed by atoms with van der Waals surface area (Å²) in [5, 5.41) is 9.29. The van der Waals surface area contributed by atoms with E-state index in [9.17, 15) is 9.90 Å². The molecule has 3 rings (SSSR count). The lowest BCUT2D eigenvalue weighted by molar-refractivity contribution is -0.0653. The Morgan fingerprint density at radius 3 is 2.65 bits per heavy atom. The molecule has 0 aromatic heterocycles. The Balaban J connectivity index is 1.78. The van der Waals surface area contributed by atoms with E-state index >= 15 is 0 Å². The zero-order chi connectivity index (χ0) is 18.6. The summed E-state index contributed by atoms with van der Waals surface area (Å²) < 4.78 is 7.23. The van der Waals surface area contributed by atoms with Crippen molar-refractivity contribution in [1.82, 2.24) is 4.90 Å². The molecule has 2 atom stereocenters. The Hall–Kier alpha value is -1.59. The number of aliphatic hydroxyl groups is 1. The Morgan fingerprint density at radius 2 is 2.04 bits per heavy atom. The van der Waals surface area contributed by atoms with E-state index in [-0.39, 0.29) is 18.7 Å². The van der Waals surface area contributed by atoms with E-state index < -0.39 is 5.60 Å². The molecule has 1 heterocycles. The summed E-state index contributed by atoms with van der Waals surface area (Å²) in [4.78, 5) is 14.7. The summed E-state index contributed by atoms with van der Waals surface area (Å²) in [5.41, 5.74) is 1.63. The van der Waals surface area contributed by atoms with Gasteiger partial charge in [0.25, 0.3) is 0 Å². The fourth-order valence-electron chi connectivity index (χ4n) is 3.83. The maximum atomic E-state index is 12.9. The van der Waals surface area contributed by atoms with Crippen molar-refractivity contribution in [2.75, 3.05) is 13.2 Å². The van der Waals surface area contributed by atoms with Crippen molar-refractivity contribution in [2.24, 2.45) is 0 Å². The van der Waals surface area contributed by atoms with E-state index in [0.717, 1.165) is 24.8 Å². The summed E-state index contributed by atoms with van der Waals surface area (Å²) in [6, 6.07) is 9.95. The maximum absolute atomic E-state index is 12.9. The molecule has 1 fully saturated rings. The minimum atomic E-state index is -0.638. The molecule has 1 aromatic rings. The number of carbonyl (C=O) groups excluding carboxylic acids is 1. The number of benzene rings is 1. The van der Waals surface area contributed by atoms with Crippen LogP contribution < -0.4 is 0 Å². The van der Waals surface area contributed by atoms with Gasteiger partial charge >= 0.3 is 6.09 Å². The van der Waals surface area contributed by atoms with E-state index in [2.05, 4.69) is 35.0 Å². The minimum Gasteiger partial charge on any atom is -0.438 e. The van der Waals surface area contributed by atoms with E-state index in [1.807, 2.05) is 35.2 Å². The molecule has 1 amide bonds. The van der Waals surface area contributed by atoms with Crippen LogP contribution in [0.25, 0.3) is 0 Å². The van der Waals surface area contributed by atoms with Gasteiger partial charge in [0.2, 0.25) is 0 Å². The number of allylic oxidation sites excluding steroid dienone is 3. The number of hydrogen-bond acceptors (Lipinski definition) is 3. The molecule has 1 saturated heterocycles. The Morgan fingerprint density at radius 1 is 1.27 bits per heavy atom. The fourth-order valence-corrected chi connectivity index (χ4v) is 4.16. The Bertz CT molecular complexity index is 700. The lowest BCUT2D eigenvalue weighted by Crippen LogP contribution is -2.51. The second-order valence-electron chi connectivity index (χ2n) is 7.03. The number of nitrogens with zero attached hydrogens (tertiary/aromatic N) is 1. The first-order chi connectivity index (χ1) is 12.6. The average Bonchev–Trinajstić information content (AvgIpc) is 2.67. The van der Waals surface area contributed by atoms with E-state index in [0.29, 0.717) is 19.4 Å². The van der Waals surface area contributed by atoms with Crippen molar-refractivity contribution in [3.05, 3.63) is 58.1 Å². The monoisotopic (exact) mass is 419 g/mol. The van der Waals surface area contributed by atoms with E-state index in [4.69, 9.17) is 4.74 Å². The normalized spacial score (nSPS) is 24.6. The van der Waals surface area contributed by atoms with Gasteiger partial charge in [-0.3, -0.25) is 0 Å². The van der Waals surface area contributed by atoms with Gasteiger partial charge in [0.1, 0.15) is 5.60 Å². The van der Waals surface area contributed by atoms with Crippen molar-refractivity contribution < 1.29 is 14.6 Å². The molecular weight excluding hydrogens is 394 g/mol. The highest BCUT2D eigenvalue weighted by Crippen LogP contribution is 2.39. The molecule has 0 bridgehead atoms. The summed E-state index contributed by atoms with van der Waals surface area (Å²) in [7, 11) is 0. The number of rotatable bonds is 6. The Kier molecular flexibility index (Phi) is 6.20. The topological polar surface area (TPSA) is 49.8 Å². The highest BCUT2D eigenvalue weighted by molar-refractivity contribution is 9.11. The smallest absolute Gasteiger partial charge is 0.411 e. The first-order valence-electron chi connectivity index (χ1n) is 9.27. The molecular formula is C21H26BrNO3. The van der Waals surface area contributed by atoms with Crippen LogP contribution in [0.1, 0.15) is 44.6 Å². The standard InChI is InChI=1S/C21H26BrNO3/c1-16(17-8-10-19(22)11-9-17)23-14-13-21(12-5-15-24,26-20(23)25)18-6-3-2-4-7-18/h2-4,6-8,10,16,24H,5,9,11-15H2,1H3/t16-,21+/m0/s1. The Labute approximate surface area is 163 Å². The van der Waals surface area contributed by atoms with Crippen LogP contribution in [0.2, 0.25) is 0 Å². The summed E-state index contributed by atoms with van der Waals surface area (Å²) in [5.74, 6) is 0. The van der Waals surface area contributed by atoms with Crippen LogP contribution in [-0.4, -0.2) is 35.3 Å². The van der Waals surface area contributed by atoms with Gasteiger partial charge in [-0.05, 0) is 48.2 Å². The van der Waals surface area contributed by atoms with Crippen molar-refractivity contribution in [3.63, 3.8) is 0 Å². The summed E-state index contributed by atoms with van der Waals surface area (Å²) in [6.45, 7) is 2.83. The van der Waals surface area contributed by atoms with Crippen LogP contribution in [0, 0.1) is 0 Å². The number of hydrogen-bond donors (Lipinski definition) is 1. The van der Waals surface area contributed by atoms with Gasteiger partial charge in [0.05, 0.1) is 6.04 Å². The number of amides is 1. The second kappa shape index (κ2) is 8.40. The van der Waals surface area contributed by atoms with Gasteiger partial charge in [-0.25, -0.2) is 4.79 Å². The highest BCUT2D eigenvalue weighted by Gasteiger charge is 2.43. The number of halogens is 1. The highest BCUT2D eigenvalue weighted by atomic mass is 79.9. The van der Waals surface area contributed by atoms with Crippen molar-refractivity contribution >= 4 is 22.0 Å². The first-order valence-corrected chi connectivity index (χ1v) is 10.1. The molecule has 26 heavy (non-hydrogen) atoms. The van der Waals surface area contributed by atoms with Crippen LogP contribution in [0.4, 0.5) is 4.79 Å². The maximum Gasteiger partial charge on any atom is 0.411 e. The molecule has 0 saturated carbocycles. The molecule has 1 aromatic carbocycles. The van der Waals surface area contributed by atoms with E-state index in [1.54, 1.807) is 0 Å². The molecule has 1 aliphatic carbocycles. The third-order valence-corrected chi connectivity index (χ3v) is 6.11. The molecule has 5 heteroatoms. The minimum absolute atomic E-state index is 0.0333. The van der Waals surface area contributed by atoms with E-state index in [1.165, 1.54) is 10.1 Å². The number of ether oxygens (including phenoxy) is 1. The molecule has 0 spiro atoms. The second-order valence-corrected chi connectivity index (χ2v) is 8.05. The third kappa shape index (κ3) is 4.04. The van der Waals surface area contributed by atoms with Gasteiger partial charge in [0, 0.05) is 19.6 Å². The van der Waals surface area contributed by atoms with Crippen LogP contribution in [0.5, 0.6) is 0 Å². The van der Waals surface area contributed by atoms with Crippen molar-refractivity contribution in [2.45, 2.75) is 50.7 Å². The zero-order valence-corrected chi connectivity index (χ0v) is 16.7. The lowest BCUT2D eigenvalue weighted by atomic mass is 9.84. The predicted octanol–water partition coefficient (Wildman–Crippen LogP) is 4.88. The molecule has 0 unspecified atom stereocenters. The fraction of sp³-hybridized carbons (Fsp3) is 0.476. The van der Waals surface area contributed by atoms with Crippen LogP contribution in [0.15, 0.2) is 52.5 Å². The predicted molar refractivity (Wildman–Crippen MR) is 106 cm³/mol. The summed E-state index contributed by atoms with van der Waals surface area (Å²) in [6.07, 6.45) is 7.83. The summed E-state index contributed by atoms with van der Waals surface area (Å²) >= 11 is 3.53. The van der Waals surface area contributed by atoms with Crippen LogP contribution in [0.3, 0.4) is 0 Å². The number of carbonyl (C=O) groups is 1. The molecule has 1 N–H and O–H groups in total. The SMILES string of the molecule is C[C@@H](C1=CC=C(Br)CC1)N1CC[C@](CCCO)(c2ccccc2)OC1=O. The van der Waals surface area contributed by atoms with Crippen LogP contribution in [-0.2, 0) is 10.3 Å². The third-order valence-electron chi connectivity index (χ3n) is 5.45. The number of aliphatic hydroxyl groups excluding tert-OH is 1. The van der Waals surface area contributed by atoms with Gasteiger partial charge in [0.15, 0.2) is 0 Å². The van der Waals surface area contributed by atoms with Gasteiger partial charge in [-0.2, -0.15) is 0 Å². The van der Waals surface area contributed by atoms with Crippen molar-refractivity contribution in [1.29, 1.82) is 0 Å². The van der Waals surface area contributed by atoms with Crippen LogP contribution >= 0.6 is 15.9 Å². The first kappa shape index (κ1) is 19.2. The number of cyclic esters (lactones) is 1. The largest absolute Gasteiger partial charge is 0.438 e. The molecule has 140 valence electrons. The molecule has 1 aliphatic heterocycles. The molecule has 0 radical (unpaired) electrons. The van der Waals surface area contributed by atoms with Gasteiger partial charge in [-0.15, -0.1) is 0 Å². The van der Waals surface area contributed by atoms with Crippen molar-refractivity contribution in [3.8, 4) is 0 Å². The zero-order valence-electron chi connectivity index (χ0n) is 15.2. The lowest BCUT2D eigenvalue weighted by Gasteiger charge is -2.44. The molecule has 4 nitrogen and oxygen atoms in total. The van der Waals surface area contributed by atoms with Gasteiger partial charge in [-0.1, -0.05) is 58.4 Å². The molecule has 2 aliphatic rings.